The SMILES string of the molecule is CC/C(C)=C\C[C]=O. The van der Waals surface area contributed by atoms with E-state index >= 15 is 0 Å². The summed E-state index contributed by atoms with van der Waals surface area (Å²) in [6, 6.07) is 0. The van der Waals surface area contributed by atoms with E-state index in [9.17, 15) is 4.79 Å². The van der Waals surface area contributed by atoms with Crippen molar-refractivity contribution in [3.63, 3.8) is 0 Å². The van der Waals surface area contributed by atoms with Crippen molar-refractivity contribution in [3.8, 4) is 0 Å². The molecule has 0 atom stereocenters. The van der Waals surface area contributed by atoms with Crippen LogP contribution in [0.5, 0.6) is 0 Å². The van der Waals surface area contributed by atoms with Crippen molar-refractivity contribution < 1.29 is 4.79 Å². The van der Waals surface area contributed by atoms with Gasteiger partial charge in [-0.2, -0.15) is 0 Å². The maximum absolute atomic E-state index is 9.66. The topological polar surface area (TPSA) is 17.1 Å². The number of hydrogen-bond donors (Lipinski definition) is 0. The van der Waals surface area contributed by atoms with Crippen molar-refractivity contribution in [2.75, 3.05) is 0 Å². The maximum atomic E-state index is 9.66. The zero-order valence-electron chi connectivity index (χ0n) is 5.40. The predicted octanol–water partition coefficient (Wildman–Crippen LogP) is 1.84. The van der Waals surface area contributed by atoms with Crippen LogP contribution in [0.4, 0.5) is 0 Å². The van der Waals surface area contributed by atoms with Crippen molar-refractivity contribution in [2.45, 2.75) is 26.7 Å². The molecule has 0 aliphatic carbocycles. The van der Waals surface area contributed by atoms with Gasteiger partial charge in [-0.25, -0.2) is 0 Å². The summed E-state index contributed by atoms with van der Waals surface area (Å²) in [6.45, 7) is 4.08. The van der Waals surface area contributed by atoms with Crippen LogP contribution in [0.1, 0.15) is 26.7 Å². The van der Waals surface area contributed by atoms with E-state index in [1.165, 1.54) is 5.57 Å². The highest BCUT2D eigenvalue weighted by Gasteiger charge is 1.80. The zero-order chi connectivity index (χ0) is 6.41. The van der Waals surface area contributed by atoms with Crippen LogP contribution in [-0.2, 0) is 4.79 Å². The van der Waals surface area contributed by atoms with Gasteiger partial charge in [-0.1, -0.05) is 18.6 Å². The molecular weight excluding hydrogens is 100 g/mol. The summed E-state index contributed by atoms with van der Waals surface area (Å²) < 4.78 is 0. The smallest absolute Gasteiger partial charge is 0.202 e. The first-order valence-corrected chi connectivity index (χ1v) is 2.82. The lowest BCUT2D eigenvalue weighted by Crippen LogP contribution is -1.72. The van der Waals surface area contributed by atoms with Crippen molar-refractivity contribution in [1.29, 1.82) is 0 Å². The molecule has 0 aromatic carbocycles. The predicted molar refractivity (Wildman–Crippen MR) is 34.4 cm³/mol. The second-order valence-electron chi connectivity index (χ2n) is 1.75. The van der Waals surface area contributed by atoms with Crippen molar-refractivity contribution >= 4 is 6.29 Å². The number of rotatable bonds is 3. The average molecular weight is 111 g/mol. The second kappa shape index (κ2) is 4.57. The fourth-order valence-electron chi connectivity index (χ4n) is 0.360. The highest BCUT2D eigenvalue weighted by atomic mass is 16.1. The Kier molecular flexibility index (Phi) is 4.23. The van der Waals surface area contributed by atoms with Gasteiger partial charge < -0.3 is 0 Å². The van der Waals surface area contributed by atoms with Gasteiger partial charge in [0.25, 0.3) is 0 Å². The van der Waals surface area contributed by atoms with Gasteiger partial charge in [-0.05, 0) is 13.3 Å². The largest absolute Gasteiger partial charge is 0.291 e. The first-order chi connectivity index (χ1) is 3.81. The van der Waals surface area contributed by atoms with Gasteiger partial charge in [0, 0.05) is 6.42 Å². The van der Waals surface area contributed by atoms with Crippen LogP contribution in [0.3, 0.4) is 0 Å². The molecule has 45 valence electrons. The Labute approximate surface area is 50.4 Å². The van der Waals surface area contributed by atoms with E-state index in [0.29, 0.717) is 6.42 Å². The number of carbonyl (C=O) groups excluding carboxylic acids is 1. The Morgan fingerprint density at radius 3 is 2.75 bits per heavy atom. The van der Waals surface area contributed by atoms with Crippen LogP contribution >= 0.6 is 0 Å². The average Bonchev–Trinajstić information content (AvgIpc) is 1.83. The molecule has 0 aromatic rings. The summed E-state index contributed by atoms with van der Waals surface area (Å²) in [5, 5.41) is 0. The fourth-order valence-corrected chi connectivity index (χ4v) is 0.360. The van der Waals surface area contributed by atoms with Gasteiger partial charge in [0.1, 0.15) is 0 Å². The molecule has 0 amide bonds. The minimum atomic E-state index is 0.444. The summed E-state index contributed by atoms with van der Waals surface area (Å²) in [4.78, 5) is 9.66. The molecule has 0 heterocycles. The molecule has 1 radical (unpaired) electrons. The standard InChI is InChI=1S/C7H11O/c1-3-7(2)5-4-6-8/h5H,3-4H2,1-2H3/b7-5-. The molecule has 0 aliphatic rings. The van der Waals surface area contributed by atoms with Crippen molar-refractivity contribution in [3.05, 3.63) is 11.6 Å². The summed E-state index contributed by atoms with van der Waals surface area (Å²) in [5.74, 6) is 0. The third-order valence-corrected chi connectivity index (χ3v) is 1.09. The lowest BCUT2D eigenvalue weighted by atomic mass is 10.2. The molecule has 0 saturated heterocycles. The number of allylic oxidation sites excluding steroid dienone is 2. The summed E-state index contributed by atoms with van der Waals surface area (Å²) >= 11 is 0. The van der Waals surface area contributed by atoms with Gasteiger partial charge in [-0.3, -0.25) is 4.79 Å². The Bertz CT molecular complexity index is 92.6. The maximum Gasteiger partial charge on any atom is 0.202 e. The Balaban J connectivity index is 3.40. The Hall–Kier alpha value is -0.590. The third kappa shape index (κ3) is 3.59. The molecule has 0 N–H and O–H groups in total. The Morgan fingerprint density at radius 2 is 2.38 bits per heavy atom. The minimum Gasteiger partial charge on any atom is -0.291 e. The molecule has 0 saturated carbocycles. The van der Waals surface area contributed by atoms with Crippen LogP contribution in [-0.4, -0.2) is 6.29 Å². The molecule has 0 aromatic heterocycles. The van der Waals surface area contributed by atoms with Gasteiger partial charge in [0.15, 0.2) is 0 Å². The summed E-state index contributed by atoms with van der Waals surface area (Å²) in [7, 11) is 0. The Morgan fingerprint density at radius 1 is 1.75 bits per heavy atom. The highest BCUT2D eigenvalue weighted by Crippen LogP contribution is 1.97. The van der Waals surface area contributed by atoms with Crippen LogP contribution in [0, 0.1) is 0 Å². The van der Waals surface area contributed by atoms with Crippen LogP contribution in [0.2, 0.25) is 0 Å². The van der Waals surface area contributed by atoms with Gasteiger partial charge in [-0.15, -0.1) is 0 Å². The van der Waals surface area contributed by atoms with Gasteiger partial charge in [0.2, 0.25) is 6.29 Å². The van der Waals surface area contributed by atoms with E-state index in [1.54, 1.807) is 6.29 Å². The lowest BCUT2D eigenvalue weighted by Gasteiger charge is -1.87. The van der Waals surface area contributed by atoms with E-state index < -0.39 is 0 Å². The molecule has 1 heteroatoms. The molecular formula is C7H11O. The molecule has 0 fully saturated rings. The van der Waals surface area contributed by atoms with Crippen LogP contribution < -0.4 is 0 Å². The van der Waals surface area contributed by atoms with Gasteiger partial charge >= 0.3 is 0 Å². The summed E-state index contributed by atoms with van der Waals surface area (Å²) in [6.07, 6.45) is 5.18. The minimum absolute atomic E-state index is 0.444. The highest BCUT2D eigenvalue weighted by molar-refractivity contribution is 5.53. The molecule has 1 nitrogen and oxygen atoms in total. The zero-order valence-corrected chi connectivity index (χ0v) is 5.40. The van der Waals surface area contributed by atoms with E-state index in [2.05, 4.69) is 6.92 Å². The normalized spacial score (nSPS) is 11.5. The second-order valence-corrected chi connectivity index (χ2v) is 1.75. The first-order valence-electron chi connectivity index (χ1n) is 2.82. The molecule has 8 heavy (non-hydrogen) atoms. The quantitative estimate of drug-likeness (QED) is 0.508. The monoisotopic (exact) mass is 111 g/mol. The molecule has 0 rings (SSSR count). The molecule has 0 spiro atoms. The molecule has 0 bridgehead atoms. The lowest BCUT2D eigenvalue weighted by molar-refractivity contribution is 0.556. The third-order valence-electron chi connectivity index (χ3n) is 1.09. The first kappa shape index (κ1) is 7.41. The van der Waals surface area contributed by atoms with Crippen molar-refractivity contribution in [1.82, 2.24) is 0 Å². The summed E-state index contributed by atoms with van der Waals surface area (Å²) in [5.41, 5.74) is 1.26. The van der Waals surface area contributed by atoms with Crippen LogP contribution in [0.25, 0.3) is 0 Å². The van der Waals surface area contributed by atoms with E-state index in [0.717, 1.165) is 6.42 Å². The van der Waals surface area contributed by atoms with Gasteiger partial charge in [0.05, 0.1) is 0 Å². The number of hydrogen-bond acceptors (Lipinski definition) is 1. The van der Waals surface area contributed by atoms with E-state index in [4.69, 9.17) is 0 Å². The van der Waals surface area contributed by atoms with E-state index in [1.807, 2.05) is 13.0 Å². The van der Waals surface area contributed by atoms with Crippen molar-refractivity contribution in [2.24, 2.45) is 0 Å². The molecule has 0 aliphatic heterocycles. The molecule has 0 unspecified atom stereocenters. The van der Waals surface area contributed by atoms with E-state index in [-0.39, 0.29) is 0 Å². The fraction of sp³-hybridized carbons (Fsp3) is 0.571. The van der Waals surface area contributed by atoms with Crippen LogP contribution in [0.15, 0.2) is 11.6 Å².